The molecule has 0 fully saturated rings. The molecule has 1 heteroatoms. The van der Waals surface area contributed by atoms with Gasteiger partial charge in [0, 0.05) is 0 Å². The van der Waals surface area contributed by atoms with Gasteiger partial charge in [-0.1, -0.05) is 20.8 Å². The first-order valence-corrected chi connectivity index (χ1v) is 3.19. The first-order chi connectivity index (χ1) is 3.95. The summed E-state index contributed by atoms with van der Waals surface area (Å²) < 4.78 is 4.99. The summed E-state index contributed by atoms with van der Waals surface area (Å²) in [5.74, 6) is 0.988. The molecule has 0 aromatic rings. The summed E-state index contributed by atoms with van der Waals surface area (Å²) in [6.45, 7) is 8.41. The molecule has 54 valence electrons. The number of methoxy groups -OCH3 is 1. The van der Waals surface area contributed by atoms with Crippen LogP contribution >= 0.6 is 0 Å². The first-order valence-electron chi connectivity index (χ1n) is 3.19. The zero-order valence-electron chi connectivity index (χ0n) is 6.99. The summed E-state index contributed by atoms with van der Waals surface area (Å²) >= 11 is 0. The molecule has 0 radical (unpaired) electrons. The van der Waals surface area contributed by atoms with Gasteiger partial charge in [-0.15, -0.1) is 0 Å². The minimum atomic E-state index is 0.236. The van der Waals surface area contributed by atoms with E-state index >= 15 is 0 Å². The molecular formula is C8H16O. The molecule has 0 atom stereocenters. The highest BCUT2D eigenvalue weighted by molar-refractivity contribution is 4.96. The molecule has 0 aromatic heterocycles. The van der Waals surface area contributed by atoms with Crippen molar-refractivity contribution in [2.24, 2.45) is 5.41 Å². The van der Waals surface area contributed by atoms with E-state index in [1.165, 1.54) is 0 Å². The Balaban J connectivity index is 3.95. The minimum absolute atomic E-state index is 0.236. The third-order valence-corrected chi connectivity index (χ3v) is 0.958. The molecule has 0 spiro atoms. The highest BCUT2D eigenvalue weighted by atomic mass is 16.5. The summed E-state index contributed by atoms with van der Waals surface area (Å²) in [4.78, 5) is 0. The smallest absolute Gasteiger partial charge is 0.0890 e. The van der Waals surface area contributed by atoms with E-state index < -0.39 is 0 Å². The minimum Gasteiger partial charge on any atom is -0.502 e. The van der Waals surface area contributed by atoms with Crippen molar-refractivity contribution in [3.8, 4) is 0 Å². The number of ether oxygens (including phenoxy) is 1. The lowest BCUT2D eigenvalue weighted by molar-refractivity contribution is 0.285. The molecule has 0 amide bonds. The van der Waals surface area contributed by atoms with E-state index in [-0.39, 0.29) is 5.41 Å². The highest BCUT2D eigenvalue weighted by Gasteiger charge is 2.05. The molecule has 0 bridgehead atoms. The lowest BCUT2D eigenvalue weighted by atomic mass is 9.96. The second-order valence-electron chi connectivity index (χ2n) is 3.33. The molecule has 0 N–H and O–H groups in total. The standard InChI is InChI=1S/C8H16O/c1-7(9-5)6-8(2,3)4/h6H,1-5H3. The molecule has 0 aliphatic carbocycles. The molecule has 0 aliphatic heterocycles. The highest BCUT2D eigenvalue weighted by Crippen LogP contribution is 2.17. The van der Waals surface area contributed by atoms with Gasteiger partial charge in [-0.2, -0.15) is 0 Å². The van der Waals surface area contributed by atoms with Gasteiger partial charge >= 0.3 is 0 Å². The second kappa shape index (κ2) is 2.90. The SMILES string of the molecule is COC(C)=CC(C)(C)C. The van der Waals surface area contributed by atoms with E-state index in [9.17, 15) is 0 Å². The zero-order chi connectivity index (χ0) is 7.49. The molecule has 0 saturated carbocycles. The predicted molar refractivity (Wildman–Crippen MR) is 40.2 cm³/mol. The van der Waals surface area contributed by atoms with Crippen LogP contribution in [-0.4, -0.2) is 7.11 Å². The van der Waals surface area contributed by atoms with Crippen molar-refractivity contribution in [2.45, 2.75) is 27.7 Å². The van der Waals surface area contributed by atoms with E-state index in [0.29, 0.717) is 0 Å². The normalized spacial score (nSPS) is 13.7. The third kappa shape index (κ3) is 5.41. The molecule has 0 aromatic carbocycles. The van der Waals surface area contributed by atoms with Crippen LogP contribution in [0, 0.1) is 5.41 Å². The molecule has 0 heterocycles. The number of rotatable bonds is 1. The van der Waals surface area contributed by atoms with Gasteiger partial charge in [0.15, 0.2) is 0 Å². The summed E-state index contributed by atoms with van der Waals surface area (Å²) in [6.07, 6.45) is 2.10. The Hall–Kier alpha value is -0.460. The van der Waals surface area contributed by atoms with Crippen molar-refractivity contribution in [2.75, 3.05) is 7.11 Å². The molecule has 0 unspecified atom stereocenters. The fourth-order valence-electron chi connectivity index (χ4n) is 0.669. The summed E-state index contributed by atoms with van der Waals surface area (Å²) in [5.41, 5.74) is 0.236. The van der Waals surface area contributed by atoms with Gasteiger partial charge in [0.1, 0.15) is 0 Å². The average molecular weight is 128 g/mol. The molecular weight excluding hydrogens is 112 g/mol. The van der Waals surface area contributed by atoms with E-state index in [1.807, 2.05) is 6.92 Å². The van der Waals surface area contributed by atoms with Crippen molar-refractivity contribution in [3.63, 3.8) is 0 Å². The van der Waals surface area contributed by atoms with Crippen molar-refractivity contribution in [1.29, 1.82) is 0 Å². The lowest BCUT2D eigenvalue weighted by Crippen LogP contribution is -2.00. The quantitative estimate of drug-likeness (QED) is 0.493. The third-order valence-electron chi connectivity index (χ3n) is 0.958. The van der Waals surface area contributed by atoms with Gasteiger partial charge in [-0.05, 0) is 18.4 Å². The zero-order valence-corrected chi connectivity index (χ0v) is 6.99. The van der Waals surface area contributed by atoms with E-state index in [1.54, 1.807) is 7.11 Å². The summed E-state index contributed by atoms with van der Waals surface area (Å²) in [7, 11) is 1.69. The first kappa shape index (κ1) is 8.54. The fourth-order valence-corrected chi connectivity index (χ4v) is 0.669. The predicted octanol–water partition coefficient (Wildman–Crippen LogP) is 2.58. The van der Waals surface area contributed by atoms with Crippen LogP contribution in [0.1, 0.15) is 27.7 Å². The molecule has 0 rings (SSSR count). The van der Waals surface area contributed by atoms with Crippen molar-refractivity contribution in [1.82, 2.24) is 0 Å². The fraction of sp³-hybridized carbons (Fsp3) is 0.750. The van der Waals surface area contributed by atoms with E-state index in [4.69, 9.17) is 4.74 Å². The van der Waals surface area contributed by atoms with Gasteiger partial charge in [-0.3, -0.25) is 0 Å². The Morgan fingerprint density at radius 2 is 1.78 bits per heavy atom. The van der Waals surface area contributed by atoms with Crippen LogP contribution in [0.3, 0.4) is 0 Å². The molecule has 0 aliphatic rings. The molecule has 1 nitrogen and oxygen atoms in total. The van der Waals surface area contributed by atoms with Crippen molar-refractivity contribution >= 4 is 0 Å². The lowest BCUT2D eigenvalue weighted by Gasteiger charge is -2.12. The largest absolute Gasteiger partial charge is 0.502 e. The Morgan fingerprint density at radius 3 is 1.89 bits per heavy atom. The van der Waals surface area contributed by atoms with Crippen LogP contribution in [0.15, 0.2) is 11.8 Å². The van der Waals surface area contributed by atoms with Gasteiger partial charge in [0.2, 0.25) is 0 Å². The van der Waals surface area contributed by atoms with Crippen LogP contribution in [0.25, 0.3) is 0 Å². The number of hydrogen-bond donors (Lipinski definition) is 0. The maximum Gasteiger partial charge on any atom is 0.0890 e. The van der Waals surface area contributed by atoms with Crippen LogP contribution in [0.4, 0.5) is 0 Å². The van der Waals surface area contributed by atoms with Crippen LogP contribution < -0.4 is 0 Å². The maximum atomic E-state index is 4.99. The van der Waals surface area contributed by atoms with Crippen molar-refractivity contribution < 1.29 is 4.74 Å². The Labute approximate surface area is 57.7 Å². The number of hydrogen-bond acceptors (Lipinski definition) is 1. The van der Waals surface area contributed by atoms with Gasteiger partial charge < -0.3 is 4.74 Å². The number of allylic oxidation sites excluding steroid dienone is 2. The monoisotopic (exact) mass is 128 g/mol. The summed E-state index contributed by atoms with van der Waals surface area (Å²) in [6, 6.07) is 0. The second-order valence-corrected chi connectivity index (χ2v) is 3.33. The summed E-state index contributed by atoms with van der Waals surface area (Å²) in [5, 5.41) is 0. The van der Waals surface area contributed by atoms with Crippen molar-refractivity contribution in [3.05, 3.63) is 11.8 Å². The van der Waals surface area contributed by atoms with Gasteiger partial charge in [0.25, 0.3) is 0 Å². The van der Waals surface area contributed by atoms with E-state index in [2.05, 4.69) is 26.8 Å². The molecule has 0 saturated heterocycles. The van der Waals surface area contributed by atoms with Gasteiger partial charge in [-0.25, -0.2) is 0 Å². The Kier molecular flexibility index (Phi) is 2.75. The van der Waals surface area contributed by atoms with E-state index in [0.717, 1.165) is 5.76 Å². The van der Waals surface area contributed by atoms with Gasteiger partial charge in [0.05, 0.1) is 12.9 Å². The van der Waals surface area contributed by atoms with Crippen LogP contribution in [-0.2, 0) is 4.74 Å². The Bertz CT molecular complexity index is 106. The van der Waals surface area contributed by atoms with Crippen LogP contribution in [0.5, 0.6) is 0 Å². The van der Waals surface area contributed by atoms with Crippen LogP contribution in [0.2, 0.25) is 0 Å². The molecule has 9 heavy (non-hydrogen) atoms. The maximum absolute atomic E-state index is 4.99. The topological polar surface area (TPSA) is 9.23 Å². The Morgan fingerprint density at radius 1 is 1.33 bits per heavy atom. The average Bonchev–Trinajstić information content (AvgIpc) is 1.62.